The quantitative estimate of drug-likeness (QED) is 0.632. The Bertz CT molecular complexity index is 681. The molecule has 1 heterocycles. The van der Waals surface area contributed by atoms with E-state index in [0.717, 1.165) is 11.3 Å². The van der Waals surface area contributed by atoms with Crippen LogP contribution in [0.2, 0.25) is 0 Å². The van der Waals surface area contributed by atoms with Gasteiger partial charge in [-0.25, -0.2) is 0 Å². The predicted octanol–water partition coefficient (Wildman–Crippen LogP) is 3.01. The van der Waals surface area contributed by atoms with Crippen LogP contribution in [-0.2, 0) is 4.79 Å². The van der Waals surface area contributed by atoms with Crippen LogP contribution in [0.25, 0.3) is 6.08 Å². The SMILES string of the molecule is CCCOc1ccccc1C(=O)NNC(=O)C=Cc1cccs1. The van der Waals surface area contributed by atoms with E-state index in [1.165, 1.54) is 17.4 Å². The minimum atomic E-state index is -0.422. The zero-order chi connectivity index (χ0) is 16.5. The van der Waals surface area contributed by atoms with Gasteiger partial charge in [-0.1, -0.05) is 25.1 Å². The molecule has 23 heavy (non-hydrogen) atoms. The maximum absolute atomic E-state index is 12.1. The molecule has 5 nitrogen and oxygen atoms in total. The molecule has 2 aromatic rings. The van der Waals surface area contributed by atoms with E-state index < -0.39 is 11.8 Å². The first-order chi connectivity index (χ1) is 11.2. The van der Waals surface area contributed by atoms with Gasteiger partial charge in [0.05, 0.1) is 12.2 Å². The molecule has 0 bridgehead atoms. The summed E-state index contributed by atoms with van der Waals surface area (Å²) < 4.78 is 5.52. The second-order valence-electron chi connectivity index (χ2n) is 4.64. The molecule has 0 spiro atoms. The van der Waals surface area contributed by atoms with Crippen molar-refractivity contribution in [1.29, 1.82) is 0 Å². The summed E-state index contributed by atoms with van der Waals surface area (Å²) in [6.07, 6.45) is 3.90. The standard InChI is InChI=1S/C17H18N2O3S/c1-2-11-22-15-8-4-3-7-14(15)17(21)19-18-16(20)10-9-13-6-5-12-23-13/h3-10,12H,2,11H2,1H3,(H,18,20)(H,19,21). The van der Waals surface area contributed by atoms with Gasteiger partial charge in [0.1, 0.15) is 5.75 Å². The summed E-state index contributed by atoms with van der Waals surface area (Å²) in [6, 6.07) is 10.7. The number of thiophene rings is 1. The summed E-state index contributed by atoms with van der Waals surface area (Å²) >= 11 is 1.53. The lowest BCUT2D eigenvalue weighted by molar-refractivity contribution is -0.117. The first kappa shape index (κ1) is 16.8. The largest absolute Gasteiger partial charge is 0.493 e. The number of benzene rings is 1. The van der Waals surface area contributed by atoms with Crippen LogP contribution in [0.4, 0.5) is 0 Å². The second kappa shape index (κ2) is 8.75. The smallest absolute Gasteiger partial charge is 0.273 e. The lowest BCUT2D eigenvalue weighted by Crippen LogP contribution is -2.40. The monoisotopic (exact) mass is 330 g/mol. The summed E-state index contributed by atoms with van der Waals surface area (Å²) in [5, 5.41) is 1.92. The average molecular weight is 330 g/mol. The third-order valence-corrected chi connectivity index (χ3v) is 3.67. The van der Waals surface area contributed by atoms with E-state index in [1.54, 1.807) is 30.3 Å². The third-order valence-electron chi connectivity index (χ3n) is 2.83. The van der Waals surface area contributed by atoms with Crippen LogP contribution in [-0.4, -0.2) is 18.4 Å². The summed E-state index contributed by atoms with van der Waals surface area (Å²) in [5.74, 6) is -0.330. The van der Waals surface area contributed by atoms with Gasteiger partial charge in [-0.15, -0.1) is 11.3 Å². The number of carbonyl (C=O) groups excluding carboxylic acids is 2. The maximum atomic E-state index is 12.1. The minimum absolute atomic E-state index is 0.378. The molecule has 1 aromatic heterocycles. The molecule has 2 amide bonds. The lowest BCUT2D eigenvalue weighted by Gasteiger charge is -2.11. The fourth-order valence-corrected chi connectivity index (χ4v) is 2.38. The molecule has 0 atom stereocenters. The Kier molecular flexibility index (Phi) is 6.38. The Morgan fingerprint density at radius 2 is 2.00 bits per heavy atom. The maximum Gasteiger partial charge on any atom is 0.273 e. The topological polar surface area (TPSA) is 67.4 Å². The van der Waals surface area contributed by atoms with Crippen LogP contribution < -0.4 is 15.6 Å². The highest BCUT2D eigenvalue weighted by molar-refractivity contribution is 7.10. The van der Waals surface area contributed by atoms with Gasteiger partial charge in [-0.2, -0.15) is 0 Å². The molecule has 0 fully saturated rings. The number of para-hydroxylation sites is 1. The van der Waals surface area contributed by atoms with Crippen molar-refractivity contribution < 1.29 is 14.3 Å². The Balaban J connectivity index is 1.90. The highest BCUT2D eigenvalue weighted by Gasteiger charge is 2.12. The highest BCUT2D eigenvalue weighted by atomic mass is 32.1. The summed E-state index contributed by atoms with van der Waals surface area (Å²) in [4.78, 5) is 24.8. The fourth-order valence-electron chi connectivity index (χ4n) is 1.76. The lowest BCUT2D eigenvalue weighted by atomic mass is 10.2. The Morgan fingerprint density at radius 3 is 2.74 bits per heavy atom. The number of hydrazine groups is 1. The minimum Gasteiger partial charge on any atom is -0.493 e. The van der Waals surface area contributed by atoms with Gasteiger partial charge in [0.25, 0.3) is 11.8 Å². The molecule has 120 valence electrons. The molecule has 2 rings (SSSR count). The first-order valence-electron chi connectivity index (χ1n) is 7.24. The Hall–Kier alpha value is -2.60. The van der Waals surface area contributed by atoms with Gasteiger partial charge in [-0.3, -0.25) is 20.4 Å². The molecule has 1 aromatic carbocycles. The van der Waals surface area contributed by atoms with Crippen molar-refractivity contribution in [2.45, 2.75) is 13.3 Å². The van der Waals surface area contributed by atoms with Crippen molar-refractivity contribution in [3.05, 3.63) is 58.3 Å². The summed E-state index contributed by atoms with van der Waals surface area (Å²) in [7, 11) is 0. The van der Waals surface area contributed by atoms with E-state index in [-0.39, 0.29) is 0 Å². The van der Waals surface area contributed by atoms with Crippen LogP contribution >= 0.6 is 11.3 Å². The first-order valence-corrected chi connectivity index (χ1v) is 8.12. The van der Waals surface area contributed by atoms with Crippen molar-refractivity contribution >= 4 is 29.2 Å². The van der Waals surface area contributed by atoms with E-state index in [9.17, 15) is 9.59 Å². The van der Waals surface area contributed by atoms with E-state index in [0.29, 0.717) is 17.9 Å². The molecule has 0 saturated carbocycles. The van der Waals surface area contributed by atoms with Gasteiger partial charge < -0.3 is 4.74 Å². The van der Waals surface area contributed by atoms with Crippen molar-refractivity contribution in [3.8, 4) is 5.75 Å². The van der Waals surface area contributed by atoms with Gasteiger partial charge in [0.15, 0.2) is 0 Å². The van der Waals surface area contributed by atoms with Crippen molar-refractivity contribution in [2.75, 3.05) is 6.61 Å². The molecular formula is C17H18N2O3S. The van der Waals surface area contributed by atoms with Crippen LogP contribution in [0.3, 0.4) is 0 Å². The van der Waals surface area contributed by atoms with Crippen molar-refractivity contribution in [1.82, 2.24) is 10.9 Å². The highest BCUT2D eigenvalue weighted by Crippen LogP contribution is 2.17. The number of ether oxygens (including phenoxy) is 1. The summed E-state index contributed by atoms with van der Waals surface area (Å²) in [5.41, 5.74) is 5.11. The molecule has 0 saturated heterocycles. The van der Waals surface area contributed by atoms with Gasteiger partial charge in [0, 0.05) is 11.0 Å². The van der Waals surface area contributed by atoms with Crippen molar-refractivity contribution in [2.24, 2.45) is 0 Å². The van der Waals surface area contributed by atoms with E-state index in [1.807, 2.05) is 24.4 Å². The normalized spacial score (nSPS) is 10.5. The number of hydrogen-bond acceptors (Lipinski definition) is 4. The molecule has 2 N–H and O–H groups in total. The van der Waals surface area contributed by atoms with E-state index >= 15 is 0 Å². The third kappa shape index (κ3) is 5.27. The van der Waals surface area contributed by atoms with Crippen LogP contribution in [0.5, 0.6) is 5.75 Å². The average Bonchev–Trinajstić information content (AvgIpc) is 3.09. The predicted molar refractivity (Wildman–Crippen MR) is 91.2 cm³/mol. The van der Waals surface area contributed by atoms with Crippen LogP contribution in [0, 0.1) is 0 Å². The molecule has 0 aliphatic carbocycles. The molecule has 6 heteroatoms. The van der Waals surface area contributed by atoms with Gasteiger partial charge in [-0.05, 0) is 36.1 Å². The Labute approximate surface area is 139 Å². The van der Waals surface area contributed by atoms with E-state index in [2.05, 4.69) is 10.9 Å². The molecule has 0 unspecified atom stereocenters. The number of amides is 2. The zero-order valence-corrected chi connectivity index (χ0v) is 13.6. The van der Waals surface area contributed by atoms with Gasteiger partial charge in [0.2, 0.25) is 0 Å². The number of rotatable bonds is 6. The molecular weight excluding hydrogens is 312 g/mol. The second-order valence-corrected chi connectivity index (χ2v) is 5.62. The number of nitrogens with one attached hydrogen (secondary N) is 2. The van der Waals surface area contributed by atoms with Crippen LogP contribution in [0.1, 0.15) is 28.6 Å². The Morgan fingerprint density at radius 1 is 1.17 bits per heavy atom. The zero-order valence-electron chi connectivity index (χ0n) is 12.7. The molecule has 0 aliphatic heterocycles. The molecule has 0 aliphatic rings. The molecule has 0 radical (unpaired) electrons. The number of hydrogen-bond donors (Lipinski definition) is 2. The van der Waals surface area contributed by atoms with Crippen LogP contribution in [0.15, 0.2) is 47.9 Å². The van der Waals surface area contributed by atoms with E-state index in [4.69, 9.17) is 4.74 Å². The van der Waals surface area contributed by atoms with Gasteiger partial charge >= 0.3 is 0 Å². The summed E-state index contributed by atoms with van der Waals surface area (Å²) in [6.45, 7) is 2.52. The van der Waals surface area contributed by atoms with Crippen molar-refractivity contribution in [3.63, 3.8) is 0 Å². The fraction of sp³-hybridized carbons (Fsp3) is 0.176. The number of carbonyl (C=O) groups is 2.